The standard InChI is InChI=1S/C21H29N3O3/c1-3-24(4-2)21(27)17-11-8-12-18(15-17)23-20(26)19(25)22-14-13-16-9-6-5-7-10-16/h8-9,11-12,15H,3-7,10,13-14H2,1-2H3,(H,22,25)(H,23,26). The number of allylic oxidation sites excluding steroid dienone is 1. The zero-order valence-corrected chi connectivity index (χ0v) is 16.2. The molecule has 2 rings (SSSR count). The molecule has 0 aliphatic heterocycles. The lowest BCUT2D eigenvalue weighted by atomic mass is 9.97. The predicted octanol–water partition coefficient (Wildman–Crippen LogP) is 3.11. The summed E-state index contributed by atoms with van der Waals surface area (Å²) in [5.41, 5.74) is 2.27. The van der Waals surface area contributed by atoms with Crippen molar-refractivity contribution in [2.75, 3.05) is 25.0 Å². The third-order valence-electron chi connectivity index (χ3n) is 4.74. The van der Waals surface area contributed by atoms with Gasteiger partial charge in [-0.15, -0.1) is 0 Å². The molecule has 0 heterocycles. The molecule has 6 heteroatoms. The summed E-state index contributed by atoms with van der Waals surface area (Å²) in [6.45, 7) is 5.52. The number of amides is 3. The summed E-state index contributed by atoms with van der Waals surface area (Å²) in [6, 6.07) is 6.66. The van der Waals surface area contributed by atoms with Gasteiger partial charge in [0.15, 0.2) is 0 Å². The van der Waals surface area contributed by atoms with Crippen LogP contribution < -0.4 is 10.6 Å². The van der Waals surface area contributed by atoms with E-state index >= 15 is 0 Å². The van der Waals surface area contributed by atoms with Gasteiger partial charge in [0.25, 0.3) is 5.91 Å². The Kier molecular flexibility index (Phi) is 8.04. The average molecular weight is 371 g/mol. The van der Waals surface area contributed by atoms with E-state index < -0.39 is 11.8 Å². The highest BCUT2D eigenvalue weighted by atomic mass is 16.2. The van der Waals surface area contributed by atoms with Crippen molar-refractivity contribution in [2.24, 2.45) is 0 Å². The molecule has 1 aromatic rings. The summed E-state index contributed by atoms with van der Waals surface area (Å²) in [5.74, 6) is -1.48. The van der Waals surface area contributed by atoms with Crippen LogP contribution in [0.4, 0.5) is 5.69 Å². The summed E-state index contributed by atoms with van der Waals surface area (Å²) in [7, 11) is 0. The van der Waals surface area contributed by atoms with E-state index in [2.05, 4.69) is 16.7 Å². The molecule has 0 bridgehead atoms. The Morgan fingerprint density at radius 3 is 2.52 bits per heavy atom. The lowest BCUT2D eigenvalue weighted by Gasteiger charge is -2.19. The summed E-state index contributed by atoms with van der Waals surface area (Å²) >= 11 is 0. The molecular formula is C21H29N3O3. The number of anilines is 1. The zero-order valence-electron chi connectivity index (χ0n) is 16.2. The van der Waals surface area contributed by atoms with Crippen molar-refractivity contribution < 1.29 is 14.4 Å². The van der Waals surface area contributed by atoms with E-state index in [1.54, 1.807) is 29.2 Å². The molecule has 0 saturated heterocycles. The zero-order chi connectivity index (χ0) is 19.6. The molecule has 0 atom stereocenters. The Hall–Kier alpha value is -2.63. The molecule has 2 N–H and O–H groups in total. The Balaban J connectivity index is 1.87. The molecule has 146 valence electrons. The van der Waals surface area contributed by atoms with E-state index in [9.17, 15) is 14.4 Å². The van der Waals surface area contributed by atoms with Crippen molar-refractivity contribution in [1.82, 2.24) is 10.2 Å². The number of hydrogen-bond acceptors (Lipinski definition) is 3. The number of carbonyl (C=O) groups excluding carboxylic acids is 3. The molecular weight excluding hydrogens is 342 g/mol. The van der Waals surface area contributed by atoms with Crippen LogP contribution in [0.5, 0.6) is 0 Å². The van der Waals surface area contributed by atoms with Crippen LogP contribution in [-0.2, 0) is 9.59 Å². The van der Waals surface area contributed by atoms with E-state index in [0.717, 1.165) is 19.3 Å². The molecule has 0 radical (unpaired) electrons. The van der Waals surface area contributed by atoms with E-state index in [1.807, 2.05) is 13.8 Å². The van der Waals surface area contributed by atoms with E-state index in [1.165, 1.54) is 18.4 Å². The topological polar surface area (TPSA) is 78.5 Å². The van der Waals surface area contributed by atoms with Crippen LogP contribution in [0.15, 0.2) is 35.9 Å². The van der Waals surface area contributed by atoms with Crippen LogP contribution in [-0.4, -0.2) is 42.3 Å². The van der Waals surface area contributed by atoms with Crippen molar-refractivity contribution in [1.29, 1.82) is 0 Å². The van der Waals surface area contributed by atoms with E-state index in [0.29, 0.717) is 30.9 Å². The van der Waals surface area contributed by atoms with Gasteiger partial charge in [-0.1, -0.05) is 17.7 Å². The molecule has 27 heavy (non-hydrogen) atoms. The minimum atomic E-state index is -0.722. The molecule has 0 fully saturated rings. The van der Waals surface area contributed by atoms with Crippen molar-refractivity contribution >= 4 is 23.4 Å². The molecule has 3 amide bonds. The molecule has 0 unspecified atom stereocenters. The molecule has 1 aromatic carbocycles. The van der Waals surface area contributed by atoms with Gasteiger partial charge in [0.2, 0.25) is 0 Å². The van der Waals surface area contributed by atoms with Gasteiger partial charge in [-0.05, 0) is 64.2 Å². The van der Waals surface area contributed by atoms with Gasteiger partial charge in [-0.25, -0.2) is 0 Å². The van der Waals surface area contributed by atoms with E-state index in [-0.39, 0.29) is 5.91 Å². The molecule has 1 aliphatic rings. The minimum absolute atomic E-state index is 0.0960. The van der Waals surface area contributed by atoms with Gasteiger partial charge >= 0.3 is 11.8 Å². The predicted molar refractivity (Wildman–Crippen MR) is 107 cm³/mol. The molecule has 0 saturated carbocycles. The summed E-state index contributed by atoms with van der Waals surface area (Å²) in [4.78, 5) is 38.2. The number of benzene rings is 1. The highest BCUT2D eigenvalue weighted by Crippen LogP contribution is 2.19. The summed E-state index contributed by atoms with van der Waals surface area (Å²) in [5, 5.41) is 5.22. The molecule has 0 aromatic heterocycles. The number of nitrogens with one attached hydrogen (secondary N) is 2. The van der Waals surface area contributed by atoms with Gasteiger partial charge < -0.3 is 15.5 Å². The Bertz CT molecular complexity index is 708. The van der Waals surface area contributed by atoms with Crippen LogP contribution >= 0.6 is 0 Å². The van der Waals surface area contributed by atoms with Crippen molar-refractivity contribution in [2.45, 2.75) is 46.0 Å². The maximum atomic E-state index is 12.4. The largest absolute Gasteiger partial charge is 0.348 e. The first-order valence-corrected chi connectivity index (χ1v) is 9.71. The highest BCUT2D eigenvalue weighted by molar-refractivity contribution is 6.39. The average Bonchev–Trinajstić information content (AvgIpc) is 2.69. The van der Waals surface area contributed by atoms with Crippen molar-refractivity contribution in [3.05, 3.63) is 41.5 Å². The Labute approximate surface area is 161 Å². The highest BCUT2D eigenvalue weighted by Gasteiger charge is 2.16. The van der Waals surface area contributed by atoms with Crippen LogP contribution in [0, 0.1) is 0 Å². The Morgan fingerprint density at radius 1 is 1.07 bits per heavy atom. The Morgan fingerprint density at radius 2 is 1.85 bits per heavy atom. The maximum Gasteiger partial charge on any atom is 0.313 e. The first-order chi connectivity index (χ1) is 13.0. The summed E-state index contributed by atoms with van der Waals surface area (Å²) < 4.78 is 0. The maximum absolute atomic E-state index is 12.4. The third kappa shape index (κ3) is 6.24. The second kappa shape index (κ2) is 10.5. The fraction of sp³-hybridized carbons (Fsp3) is 0.476. The lowest BCUT2D eigenvalue weighted by Crippen LogP contribution is -2.36. The quantitative estimate of drug-likeness (QED) is 0.571. The fourth-order valence-corrected chi connectivity index (χ4v) is 3.16. The van der Waals surface area contributed by atoms with Gasteiger partial charge in [-0.3, -0.25) is 14.4 Å². The van der Waals surface area contributed by atoms with Gasteiger partial charge in [0, 0.05) is 30.9 Å². The first kappa shape index (κ1) is 20.7. The first-order valence-electron chi connectivity index (χ1n) is 9.71. The second-order valence-corrected chi connectivity index (χ2v) is 6.63. The van der Waals surface area contributed by atoms with Gasteiger partial charge in [-0.2, -0.15) is 0 Å². The van der Waals surface area contributed by atoms with Gasteiger partial charge in [0.1, 0.15) is 0 Å². The van der Waals surface area contributed by atoms with Crippen LogP contribution in [0.3, 0.4) is 0 Å². The number of carbonyl (C=O) groups is 3. The second-order valence-electron chi connectivity index (χ2n) is 6.63. The third-order valence-corrected chi connectivity index (χ3v) is 4.74. The van der Waals surface area contributed by atoms with Gasteiger partial charge in [0.05, 0.1) is 0 Å². The number of hydrogen-bond donors (Lipinski definition) is 2. The van der Waals surface area contributed by atoms with Crippen molar-refractivity contribution in [3.63, 3.8) is 0 Å². The fourth-order valence-electron chi connectivity index (χ4n) is 3.16. The van der Waals surface area contributed by atoms with E-state index in [4.69, 9.17) is 0 Å². The summed E-state index contributed by atoms with van der Waals surface area (Å²) in [6.07, 6.45) is 7.62. The smallest absolute Gasteiger partial charge is 0.313 e. The molecule has 0 spiro atoms. The number of rotatable bonds is 7. The molecule has 6 nitrogen and oxygen atoms in total. The monoisotopic (exact) mass is 371 g/mol. The normalized spacial score (nSPS) is 13.5. The molecule has 1 aliphatic carbocycles. The van der Waals surface area contributed by atoms with Crippen LogP contribution in [0.1, 0.15) is 56.3 Å². The van der Waals surface area contributed by atoms with Crippen LogP contribution in [0.2, 0.25) is 0 Å². The SMILES string of the molecule is CCN(CC)C(=O)c1cccc(NC(=O)C(=O)NCCC2=CCCCC2)c1. The number of nitrogens with zero attached hydrogens (tertiary/aromatic N) is 1. The van der Waals surface area contributed by atoms with Crippen molar-refractivity contribution in [3.8, 4) is 0 Å². The minimum Gasteiger partial charge on any atom is -0.348 e. The lowest BCUT2D eigenvalue weighted by molar-refractivity contribution is -0.136. The van der Waals surface area contributed by atoms with Crippen LogP contribution in [0.25, 0.3) is 0 Å².